The summed E-state index contributed by atoms with van der Waals surface area (Å²) in [5, 5.41) is 0.613. The van der Waals surface area contributed by atoms with Crippen molar-refractivity contribution in [2.45, 2.75) is 35.2 Å². The second-order valence-corrected chi connectivity index (χ2v) is 9.47. The average molecular weight is 343 g/mol. The summed E-state index contributed by atoms with van der Waals surface area (Å²) in [6.45, 7) is 3.43. The van der Waals surface area contributed by atoms with E-state index in [0.29, 0.717) is 11.4 Å². The number of hydrogen-bond donors (Lipinski definition) is 1. The van der Waals surface area contributed by atoms with Crippen LogP contribution in [0.4, 0.5) is 0 Å². The molecule has 0 radical (unpaired) electrons. The summed E-state index contributed by atoms with van der Waals surface area (Å²) < 4.78 is 24.9. The molecule has 1 fully saturated rings. The molecule has 1 amide bonds. The van der Waals surface area contributed by atoms with Gasteiger partial charge >= 0.3 is 0 Å². The van der Waals surface area contributed by atoms with Crippen molar-refractivity contribution in [3.63, 3.8) is 0 Å². The Labute approximate surface area is 125 Å². The predicted molar refractivity (Wildman–Crippen MR) is 74.0 cm³/mol. The van der Waals surface area contributed by atoms with E-state index in [9.17, 15) is 13.2 Å². The standard InChI is InChI=1S/C10H12Cl2N2O3S2/c1-6-13-4-8(18-6)19(16,17)14-7(15)3-9(2)5-10(9,11)12/h4H,3,5H2,1-2H3,(H,14,15). The smallest absolute Gasteiger partial charge is 0.274 e. The number of rotatable bonds is 4. The van der Waals surface area contributed by atoms with Crippen molar-refractivity contribution in [1.29, 1.82) is 0 Å². The zero-order valence-electron chi connectivity index (χ0n) is 10.2. The van der Waals surface area contributed by atoms with Crippen LogP contribution in [0.5, 0.6) is 0 Å². The third-order valence-electron chi connectivity index (χ3n) is 3.03. The summed E-state index contributed by atoms with van der Waals surface area (Å²) in [5.74, 6) is -0.614. The minimum atomic E-state index is -3.85. The number of aromatic nitrogens is 1. The zero-order chi connectivity index (χ0) is 14.5. The lowest BCUT2D eigenvalue weighted by molar-refractivity contribution is -0.120. The van der Waals surface area contributed by atoms with Crippen LogP contribution in [0.2, 0.25) is 0 Å². The van der Waals surface area contributed by atoms with E-state index < -0.39 is 25.7 Å². The number of sulfonamides is 1. The molecule has 19 heavy (non-hydrogen) atoms. The lowest BCUT2D eigenvalue weighted by Gasteiger charge is -2.11. The Morgan fingerprint density at radius 1 is 1.58 bits per heavy atom. The van der Waals surface area contributed by atoms with Crippen LogP contribution in [0.25, 0.3) is 0 Å². The molecule has 1 saturated carbocycles. The molecule has 1 aliphatic rings. The quantitative estimate of drug-likeness (QED) is 0.851. The van der Waals surface area contributed by atoms with Gasteiger partial charge in [0.1, 0.15) is 4.33 Å². The van der Waals surface area contributed by atoms with E-state index in [-0.39, 0.29) is 10.6 Å². The van der Waals surface area contributed by atoms with Gasteiger partial charge in [0, 0.05) is 11.8 Å². The van der Waals surface area contributed by atoms with E-state index in [1.54, 1.807) is 13.8 Å². The van der Waals surface area contributed by atoms with Crippen LogP contribution in [-0.2, 0) is 14.8 Å². The first kappa shape index (κ1) is 15.0. The number of nitrogens with one attached hydrogen (secondary N) is 1. The molecule has 106 valence electrons. The molecule has 1 atom stereocenters. The number of halogens is 2. The Morgan fingerprint density at radius 2 is 2.16 bits per heavy atom. The maximum atomic E-state index is 11.9. The van der Waals surface area contributed by atoms with Crippen molar-refractivity contribution >= 4 is 50.5 Å². The van der Waals surface area contributed by atoms with Gasteiger partial charge in [-0.05, 0) is 13.3 Å². The molecule has 1 N–H and O–H groups in total. The summed E-state index contributed by atoms with van der Waals surface area (Å²) in [7, 11) is -3.85. The van der Waals surface area contributed by atoms with Crippen LogP contribution in [0.3, 0.4) is 0 Å². The number of nitrogens with zero attached hydrogens (tertiary/aromatic N) is 1. The van der Waals surface area contributed by atoms with Crippen LogP contribution in [-0.4, -0.2) is 23.6 Å². The number of hydrogen-bond acceptors (Lipinski definition) is 5. The molecule has 9 heteroatoms. The molecule has 1 unspecified atom stereocenters. The average Bonchev–Trinajstić information content (AvgIpc) is 2.59. The van der Waals surface area contributed by atoms with E-state index in [4.69, 9.17) is 23.2 Å². The fourth-order valence-corrected chi connectivity index (χ4v) is 4.51. The van der Waals surface area contributed by atoms with E-state index in [0.717, 1.165) is 11.3 Å². The van der Waals surface area contributed by atoms with Crippen molar-refractivity contribution in [2.24, 2.45) is 5.41 Å². The van der Waals surface area contributed by atoms with E-state index in [2.05, 4.69) is 4.98 Å². The van der Waals surface area contributed by atoms with Crippen LogP contribution in [0, 0.1) is 12.3 Å². The van der Waals surface area contributed by atoms with E-state index >= 15 is 0 Å². The second-order valence-electron chi connectivity index (χ2n) is 4.85. The molecule has 1 aromatic heterocycles. The normalized spacial score (nSPS) is 25.1. The van der Waals surface area contributed by atoms with Crippen LogP contribution < -0.4 is 4.72 Å². The van der Waals surface area contributed by atoms with Crippen molar-refractivity contribution in [3.05, 3.63) is 11.2 Å². The zero-order valence-corrected chi connectivity index (χ0v) is 13.4. The fourth-order valence-electron chi connectivity index (χ4n) is 1.69. The van der Waals surface area contributed by atoms with Gasteiger partial charge in [-0.25, -0.2) is 18.1 Å². The van der Waals surface area contributed by atoms with Gasteiger partial charge in [-0.1, -0.05) is 6.92 Å². The maximum absolute atomic E-state index is 11.9. The molecule has 0 aromatic carbocycles. The van der Waals surface area contributed by atoms with Gasteiger partial charge in [0.25, 0.3) is 10.0 Å². The molecule has 1 aromatic rings. The van der Waals surface area contributed by atoms with Crippen LogP contribution in [0.1, 0.15) is 24.8 Å². The lowest BCUT2D eigenvalue weighted by Crippen LogP contribution is -2.32. The summed E-state index contributed by atoms with van der Waals surface area (Å²) in [5.41, 5.74) is -0.570. The SMILES string of the molecule is Cc1ncc(S(=O)(=O)NC(=O)CC2(C)CC2(Cl)Cl)s1. The minimum Gasteiger partial charge on any atom is -0.274 e. The van der Waals surface area contributed by atoms with Crippen molar-refractivity contribution in [2.75, 3.05) is 0 Å². The second kappa shape index (κ2) is 4.58. The summed E-state index contributed by atoms with van der Waals surface area (Å²) >= 11 is 12.8. The summed E-state index contributed by atoms with van der Waals surface area (Å²) in [6, 6.07) is 0. The Bertz CT molecular complexity index is 626. The first-order valence-corrected chi connectivity index (χ1v) is 8.47. The minimum absolute atomic E-state index is 0.0160. The van der Waals surface area contributed by atoms with Crippen molar-refractivity contribution in [3.8, 4) is 0 Å². The Balaban J connectivity index is 2.04. The maximum Gasteiger partial charge on any atom is 0.275 e. The first-order valence-electron chi connectivity index (χ1n) is 5.42. The predicted octanol–water partition coefficient (Wildman–Crippen LogP) is 2.23. The van der Waals surface area contributed by atoms with Crippen molar-refractivity contribution < 1.29 is 13.2 Å². The van der Waals surface area contributed by atoms with Gasteiger partial charge in [-0.15, -0.1) is 34.5 Å². The molecule has 5 nitrogen and oxygen atoms in total. The van der Waals surface area contributed by atoms with Crippen molar-refractivity contribution in [1.82, 2.24) is 9.71 Å². The monoisotopic (exact) mass is 342 g/mol. The molecule has 0 aliphatic heterocycles. The molecule has 1 heterocycles. The molecule has 2 rings (SSSR count). The molecule has 0 spiro atoms. The van der Waals surface area contributed by atoms with Gasteiger partial charge in [-0.3, -0.25) is 4.79 Å². The Kier molecular flexibility index (Phi) is 3.62. The Morgan fingerprint density at radius 3 is 2.58 bits per heavy atom. The number of carbonyl (C=O) groups excluding carboxylic acids is 1. The topological polar surface area (TPSA) is 76.1 Å². The highest BCUT2D eigenvalue weighted by Crippen LogP contribution is 2.65. The number of alkyl halides is 2. The van der Waals surface area contributed by atoms with Gasteiger partial charge < -0.3 is 0 Å². The molecule has 0 bridgehead atoms. The number of aryl methyl sites for hydroxylation is 1. The third kappa shape index (κ3) is 3.04. The Hall–Kier alpha value is -0.370. The number of carbonyl (C=O) groups is 1. The van der Waals surface area contributed by atoms with E-state index in [1.165, 1.54) is 6.20 Å². The first-order chi connectivity index (χ1) is 8.56. The van der Waals surface area contributed by atoms with Gasteiger partial charge in [-0.2, -0.15) is 0 Å². The molecule has 1 aliphatic carbocycles. The highest BCUT2D eigenvalue weighted by Gasteiger charge is 2.63. The molecular formula is C10H12Cl2N2O3S2. The summed E-state index contributed by atoms with van der Waals surface area (Å²) in [4.78, 5) is 15.6. The summed E-state index contributed by atoms with van der Waals surface area (Å²) in [6.07, 6.45) is 1.66. The van der Waals surface area contributed by atoms with Crippen LogP contribution >= 0.6 is 34.5 Å². The lowest BCUT2D eigenvalue weighted by atomic mass is 10.1. The number of thiazole rings is 1. The highest BCUT2D eigenvalue weighted by atomic mass is 35.5. The highest BCUT2D eigenvalue weighted by molar-refractivity contribution is 7.92. The largest absolute Gasteiger partial charge is 0.275 e. The van der Waals surface area contributed by atoms with Gasteiger partial charge in [0.05, 0.1) is 11.2 Å². The number of amides is 1. The van der Waals surface area contributed by atoms with Gasteiger partial charge in [0.15, 0.2) is 4.21 Å². The fraction of sp³-hybridized carbons (Fsp3) is 0.600. The molecular weight excluding hydrogens is 331 g/mol. The van der Waals surface area contributed by atoms with Crippen LogP contribution in [0.15, 0.2) is 10.4 Å². The molecule has 0 saturated heterocycles. The van der Waals surface area contributed by atoms with Gasteiger partial charge in [0.2, 0.25) is 5.91 Å². The third-order valence-corrected chi connectivity index (χ3v) is 6.96. The van der Waals surface area contributed by atoms with E-state index in [1.807, 2.05) is 4.72 Å².